The minimum absolute atomic E-state index is 0.0882. The van der Waals surface area contributed by atoms with E-state index in [0.29, 0.717) is 17.1 Å². The Bertz CT molecular complexity index is 1120. The van der Waals surface area contributed by atoms with E-state index >= 15 is 0 Å². The second-order valence-electron chi connectivity index (χ2n) is 6.89. The van der Waals surface area contributed by atoms with Gasteiger partial charge < -0.3 is 4.98 Å². The monoisotopic (exact) mass is 360 g/mol. The topological polar surface area (TPSA) is 45.8 Å². The van der Waals surface area contributed by atoms with E-state index in [1.54, 1.807) is 0 Å². The predicted molar refractivity (Wildman–Crippen MR) is 110 cm³/mol. The van der Waals surface area contributed by atoms with Gasteiger partial charge in [0.2, 0.25) is 0 Å². The highest BCUT2D eigenvalue weighted by atomic mass is 32.1. The summed E-state index contributed by atoms with van der Waals surface area (Å²) < 4.78 is 0. The zero-order chi connectivity index (χ0) is 18.3. The fourth-order valence-electron chi connectivity index (χ4n) is 3.06. The van der Waals surface area contributed by atoms with Gasteiger partial charge in [-0.25, -0.2) is 4.98 Å². The summed E-state index contributed by atoms with van der Waals surface area (Å²) >= 11 is 1.51. The van der Waals surface area contributed by atoms with Gasteiger partial charge >= 0.3 is 0 Å². The largest absolute Gasteiger partial charge is 0.306 e. The summed E-state index contributed by atoms with van der Waals surface area (Å²) in [6, 6.07) is 16.5. The standard InChI is InChI=1S/C22H20N2OS/c1-13(2)15-8-10-16(11-9-15)18-12-26-22-19(18)21(25)23-20(24-22)17-6-4-14(3)5-7-17/h4-13H,1-3H3,(H,23,24,25). The molecule has 0 radical (unpaired) electrons. The molecule has 0 fully saturated rings. The summed E-state index contributed by atoms with van der Waals surface area (Å²) in [6.45, 7) is 6.39. The molecule has 0 aliphatic rings. The lowest BCUT2D eigenvalue weighted by molar-refractivity contribution is 0.867. The van der Waals surface area contributed by atoms with Gasteiger partial charge in [-0.1, -0.05) is 67.9 Å². The fraction of sp³-hybridized carbons (Fsp3) is 0.182. The van der Waals surface area contributed by atoms with Crippen molar-refractivity contribution in [1.29, 1.82) is 0 Å². The SMILES string of the molecule is Cc1ccc(-c2nc3scc(-c4ccc(C(C)C)cc4)c3c(=O)[nH]2)cc1. The molecule has 0 amide bonds. The molecule has 130 valence electrons. The number of H-pyrrole nitrogens is 1. The Labute approximate surface area is 156 Å². The fourth-order valence-corrected chi connectivity index (χ4v) is 4.01. The molecular weight excluding hydrogens is 340 g/mol. The zero-order valence-corrected chi connectivity index (χ0v) is 15.9. The molecular formula is C22H20N2OS. The molecule has 4 heteroatoms. The van der Waals surface area contributed by atoms with Crippen molar-refractivity contribution in [2.45, 2.75) is 26.7 Å². The summed E-state index contributed by atoms with van der Waals surface area (Å²) in [5, 5.41) is 2.69. The van der Waals surface area contributed by atoms with E-state index < -0.39 is 0 Å². The van der Waals surface area contributed by atoms with Crippen LogP contribution in [-0.4, -0.2) is 9.97 Å². The van der Waals surface area contributed by atoms with Crippen molar-refractivity contribution in [1.82, 2.24) is 9.97 Å². The number of fused-ring (bicyclic) bond motifs is 1. The van der Waals surface area contributed by atoms with Gasteiger partial charge in [-0.05, 0) is 24.0 Å². The third kappa shape index (κ3) is 2.97. The second kappa shape index (κ2) is 6.54. The molecule has 0 saturated heterocycles. The number of hydrogen-bond donors (Lipinski definition) is 1. The first-order valence-corrected chi connectivity index (χ1v) is 9.60. The van der Waals surface area contributed by atoms with Crippen LogP contribution in [0.1, 0.15) is 30.9 Å². The van der Waals surface area contributed by atoms with Crippen LogP contribution >= 0.6 is 11.3 Å². The molecule has 0 unspecified atom stereocenters. The minimum atomic E-state index is -0.0882. The molecule has 2 aromatic carbocycles. The Hall–Kier alpha value is -2.72. The van der Waals surface area contributed by atoms with Gasteiger partial charge in [-0.3, -0.25) is 4.79 Å². The van der Waals surface area contributed by atoms with Crippen LogP contribution in [0.15, 0.2) is 58.7 Å². The Balaban J connectivity index is 1.81. The van der Waals surface area contributed by atoms with Gasteiger partial charge in [0, 0.05) is 16.5 Å². The smallest absolute Gasteiger partial charge is 0.260 e. The highest BCUT2D eigenvalue weighted by Crippen LogP contribution is 2.32. The molecule has 0 saturated carbocycles. The lowest BCUT2D eigenvalue weighted by Crippen LogP contribution is -2.09. The van der Waals surface area contributed by atoms with Crippen molar-refractivity contribution in [3.63, 3.8) is 0 Å². The number of hydrogen-bond acceptors (Lipinski definition) is 3. The van der Waals surface area contributed by atoms with E-state index in [-0.39, 0.29) is 5.56 Å². The van der Waals surface area contributed by atoms with Crippen molar-refractivity contribution in [3.8, 4) is 22.5 Å². The Kier molecular flexibility index (Phi) is 4.21. The molecule has 0 bridgehead atoms. The van der Waals surface area contributed by atoms with Crippen LogP contribution in [0.3, 0.4) is 0 Å². The first kappa shape index (κ1) is 16.7. The van der Waals surface area contributed by atoms with Gasteiger partial charge in [-0.2, -0.15) is 0 Å². The molecule has 3 nitrogen and oxygen atoms in total. The van der Waals surface area contributed by atoms with Gasteiger partial charge in [0.25, 0.3) is 5.56 Å². The normalized spacial score (nSPS) is 11.4. The van der Waals surface area contributed by atoms with Crippen molar-refractivity contribution in [3.05, 3.63) is 75.4 Å². The lowest BCUT2D eigenvalue weighted by atomic mass is 9.99. The van der Waals surface area contributed by atoms with Crippen molar-refractivity contribution in [2.24, 2.45) is 0 Å². The number of aromatic nitrogens is 2. The van der Waals surface area contributed by atoms with Gasteiger partial charge in [-0.15, -0.1) is 11.3 Å². The maximum atomic E-state index is 12.8. The number of nitrogens with zero attached hydrogens (tertiary/aromatic N) is 1. The average Bonchev–Trinajstić information content (AvgIpc) is 3.07. The van der Waals surface area contributed by atoms with Gasteiger partial charge in [0.15, 0.2) is 0 Å². The lowest BCUT2D eigenvalue weighted by Gasteiger charge is -2.06. The number of thiophene rings is 1. The van der Waals surface area contributed by atoms with Crippen LogP contribution in [0.4, 0.5) is 0 Å². The van der Waals surface area contributed by atoms with Crippen molar-refractivity contribution >= 4 is 21.6 Å². The number of nitrogens with one attached hydrogen (secondary N) is 1. The number of aryl methyl sites for hydroxylation is 1. The van der Waals surface area contributed by atoms with Crippen LogP contribution < -0.4 is 5.56 Å². The summed E-state index contributed by atoms with van der Waals surface area (Å²) in [4.78, 5) is 21.2. The molecule has 4 aromatic rings. The number of rotatable bonds is 3. The van der Waals surface area contributed by atoms with E-state index in [1.165, 1.54) is 22.5 Å². The average molecular weight is 360 g/mol. The summed E-state index contributed by atoms with van der Waals surface area (Å²) in [7, 11) is 0. The molecule has 4 rings (SSSR count). The summed E-state index contributed by atoms with van der Waals surface area (Å²) in [6.07, 6.45) is 0. The maximum absolute atomic E-state index is 12.8. The minimum Gasteiger partial charge on any atom is -0.306 e. The Morgan fingerprint density at radius 3 is 2.27 bits per heavy atom. The molecule has 0 aliphatic heterocycles. The molecule has 2 aromatic heterocycles. The van der Waals surface area contributed by atoms with Crippen molar-refractivity contribution < 1.29 is 0 Å². The van der Waals surface area contributed by atoms with Crippen LogP contribution in [0.5, 0.6) is 0 Å². The quantitative estimate of drug-likeness (QED) is 0.505. The zero-order valence-electron chi connectivity index (χ0n) is 15.0. The van der Waals surface area contributed by atoms with Crippen LogP contribution in [0.2, 0.25) is 0 Å². The van der Waals surface area contributed by atoms with Crippen LogP contribution in [0.25, 0.3) is 32.7 Å². The summed E-state index contributed by atoms with van der Waals surface area (Å²) in [5.74, 6) is 1.11. The molecule has 1 N–H and O–H groups in total. The highest BCUT2D eigenvalue weighted by Gasteiger charge is 2.14. The third-order valence-corrected chi connectivity index (χ3v) is 5.53. The van der Waals surface area contributed by atoms with E-state index in [1.807, 2.05) is 36.6 Å². The third-order valence-electron chi connectivity index (χ3n) is 4.66. The van der Waals surface area contributed by atoms with Crippen LogP contribution in [0, 0.1) is 6.92 Å². The number of aromatic amines is 1. The van der Waals surface area contributed by atoms with Gasteiger partial charge in [0.1, 0.15) is 10.7 Å². The van der Waals surface area contributed by atoms with Gasteiger partial charge in [0.05, 0.1) is 5.39 Å². The Morgan fingerprint density at radius 2 is 1.62 bits per heavy atom. The Morgan fingerprint density at radius 1 is 0.962 bits per heavy atom. The second-order valence-corrected chi connectivity index (χ2v) is 7.74. The van der Waals surface area contributed by atoms with E-state index in [2.05, 4.69) is 43.1 Å². The van der Waals surface area contributed by atoms with Crippen molar-refractivity contribution in [2.75, 3.05) is 0 Å². The first-order chi connectivity index (χ1) is 12.5. The molecule has 2 heterocycles. The van der Waals surface area contributed by atoms with E-state index in [4.69, 9.17) is 4.98 Å². The molecule has 0 spiro atoms. The predicted octanol–water partition coefficient (Wildman–Crippen LogP) is 5.75. The van der Waals surface area contributed by atoms with E-state index in [9.17, 15) is 4.79 Å². The summed E-state index contributed by atoms with van der Waals surface area (Å²) in [5.41, 5.74) is 5.31. The first-order valence-electron chi connectivity index (χ1n) is 8.72. The highest BCUT2D eigenvalue weighted by molar-refractivity contribution is 7.17. The van der Waals surface area contributed by atoms with E-state index in [0.717, 1.165) is 21.5 Å². The maximum Gasteiger partial charge on any atom is 0.260 e. The van der Waals surface area contributed by atoms with Crippen LogP contribution in [-0.2, 0) is 0 Å². The molecule has 0 atom stereocenters. The molecule has 26 heavy (non-hydrogen) atoms. The molecule has 0 aliphatic carbocycles. The number of benzene rings is 2.